The van der Waals surface area contributed by atoms with E-state index < -0.39 is 5.97 Å². The number of ether oxygens (including phenoxy) is 2. The lowest BCUT2D eigenvalue weighted by Gasteiger charge is -2.10. The molecule has 0 unspecified atom stereocenters. The van der Waals surface area contributed by atoms with E-state index >= 15 is 0 Å². The second kappa shape index (κ2) is 8.18. The minimum Gasteiger partial charge on any atom is -0.482 e. The molecule has 0 saturated carbocycles. The predicted octanol–water partition coefficient (Wildman–Crippen LogP) is 4.52. The number of allylic oxidation sites excluding steroid dienone is 1. The summed E-state index contributed by atoms with van der Waals surface area (Å²) in [6.07, 6.45) is 2.50. The molecule has 2 aromatic carbocycles. The molecule has 0 aliphatic carbocycles. The van der Waals surface area contributed by atoms with Crippen molar-refractivity contribution in [1.82, 2.24) is 0 Å². The third-order valence-electron chi connectivity index (χ3n) is 3.46. The lowest BCUT2D eigenvalue weighted by molar-refractivity contribution is -0.136. The number of carbonyl (C=O) groups is 1. The first-order valence-electron chi connectivity index (χ1n) is 7.72. The molecule has 0 aliphatic rings. The molecule has 0 bridgehead atoms. The molecule has 0 aliphatic heterocycles. The van der Waals surface area contributed by atoms with Crippen LogP contribution in [0.1, 0.15) is 30.9 Å². The van der Waals surface area contributed by atoms with Crippen LogP contribution in [0, 0.1) is 0 Å². The standard InChI is InChI=1S/C20H22O3/c1-4-7-17-8-5-6-9-19(17)22-14-20(21)23-18-12-10-16(11-13-18)15(2)3/h4-6,8-13,15H,1,7,14H2,2-3H3. The summed E-state index contributed by atoms with van der Waals surface area (Å²) in [6.45, 7) is 7.84. The molecule has 3 nitrogen and oxygen atoms in total. The number of carbonyl (C=O) groups excluding carboxylic acids is 1. The molecule has 0 fully saturated rings. The van der Waals surface area contributed by atoms with E-state index in [1.807, 2.05) is 36.4 Å². The Bertz CT molecular complexity index is 657. The van der Waals surface area contributed by atoms with E-state index in [9.17, 15) is 4.79 Å². The van der Waals surface area contributed by atoms with Gasteiger partial charge in [0.2, 0.25) is 0 Å². The second-order valence-corrected chi connectivity index (χ2v) is 5.59. The normalized spacial score (nSPS) is 10.4. The third-order valence-corrected chi connectivity index (χ3v) is 3.46. The molecular formula is C20H22O3. The van der Waals surface area contributed by atoms with Gasteiger partial charge in [0.05, 0.1) is 0 Å². The van der Waals surface area contributed by atoms with Crippen LogP contribution < -0.4 is 9.47 Å². The van der Waals surface area contributed by atoms with Crippen LogP contribution in [0.2, 0.25) is 0 Å². The SMILES string of the molecule is C=CCc1ccccc1OCC(=O)Oc1ccc(C(C)C)cc1. The first kappa shape index (κ1) is 16.8. The van der Waals surface area contributed by atoms with Crippen molar-refractivity contribution in [3.63, 3.8) is 0 Å². The largest absolute Gasteiger partial charge is 0.482 e. The molecule has 2 aromatic rings. The van der Waals surface area contributed by atoms with Gasteiger partial charge in [-0.1, -0.05) is 50.3 Å². The van der Waals surface area contributed by atoms with Crippen LogP contribution in [0.25, 0.3) is 0 Å². The molecule has 3 heteroatoms. The maximum atomic E-state index is 11.9. The molecule has 2 rings (SSSR count). The van der Waals surface area contributed by atoms with Crippen molar-refractivity contribution >= 4 is 5.97 Å². The van der Waals surface area contributed by atoms with E-state index in [0.717, 1.165) is 5.56 Å². The summed E-state index contributed by atoms with van der Waals surface area (Å²) in [5, 5.41) is 0. The zero-order valence-corrected chi connectivity index (χ0v) is 13.6. The summed E-state index contributed by atoms with van der Waals surface area (Å²) in [7, 11) is 0. The van der Waals surface area contributed by atoms with E-state index in [2.05, 4.69) is 20.4 Å². The van der Waals surface area contributed by atoms with Crippen molar-refractivity contribution in [3.8, 4) is 11.5 Å². The first-order valence-corrected chi connectivity index (χ1v) is 7.72. The Balaban J connectivity index is 1.91. The van der Waals surface area contributed by atoms with Gasteiger partial charge in [0, 0.05) is 0 Å². The van der Waals surface area contributed by atoms with Gasteiger partial charge in [-0.3, -0.25) is 0 Å². The molecule has 0 aromatic heterocycles. The molecule has 0 amide bonds. The van der Waals surface area contributed by atoms with Crippen LogP contribution in [0.3, 0.4) is 0 Å². The zero-order chi connectivity index (χ0) is 16.7. The van der Waals surface area contributed by atoms with E-state index in [1.165, 1.54) is 5.56 Å². The van der Waals surface area contributed by atoms with Crippen molar-refractivity contribution in [3.05, 3.63) is 72.3 Å². The van der Waals surface area contributed by atoms with Gasteiger partial charge in [-0.05, 0) is 41.7 Å². The Hall–Kier alpha value is -2.55. The van der Waals surface area contributed by atoms with Crippen LogP contribution >= 0.6 is 0 Å². The van der Waals surface area contributed by atoms with E-state index in [4.69, 9.17) is 9.47 Å². The fourth-order valence-electron chi connectivity index (χ4n) is 2.19. The van der Waals surface area contributed by atoms with Crippen LogP contribution in [0.4, 0.5) is 0 Å². The fourth-order valence-corrected chi connectivity index (χ4v) is 2.19. The quantitative estimate of drug-likeness (QED) is 0.428. The van der Waals surface area contributed by atoms with Crippen molar-refractivity contribution < 1.29 is 14.3 Å². The van der Waals surface area contributed by atoms with Crippen LogP contribution in [0.15, 0.2) is 61.2 Å². The smallest absolute Gasteiger partial charge is 0.349 e. The highest BCUT2D eigenvalue weighted by atomic mass is 16.6. The summed E-state index contributed by atoms with van der Waals surface area (Å²) in [5.41, 5.74) is 2.20. The Morgan fingerprint density at radius 2 is 1.83 bits per heavy atom. The average molecular weight is 310 g/mol. The Labute approximate surface area is 137 Å². The van der Waals surface area contributed by atoms with Gasteiger partial charge in [-0.2, -0.15) is 0 Å². The lowest BCUT2D eigenvalue weighted by Crippen LogP contribution is -2.18. The summed E-state index contributed by atoms with van der Waals surface area (Å²) >= 11 is 0. The lowest BCUT2D eigenvalue weighted by atomic mass is 10.0. The monoisotopic (exact) mass is 310 g/mol. The molecule has 0 radical (unpaired) electrons. The highest BCUT2D eigenvalue weighted by molar-refractivity contribution is 5.74. The number of para-hydroxylation sites is 1. The van der Waals surface area contributed by atoms with Crippen molar-refractivity contribution in [1.29, 1.82) is 0 Å². The number of esters is 1. The maximum Gasteiger partial charge on any atom is 0.349 e. The Morgan fingerprint density at radius 3 is 2.48 bits per heavy atom. The van der Waals surface area contributed by atoms with Gasteiger partial charge >= 0.3 is 5.97 Å². The van der Waals surface area contributed by atoms with Crippen molar-refractivity contribution in [2.75, 3.05) is 6.61 Å². The Kier molecular flexibility index (Phi) is 5.98. The van der Waals surface area contributed by atoms with Crippen LogP contribution in [-0.4, -0.2) is 12.6 Å². The van der Waals surface area contributed by atoms with Gasteiger partial charge in [-0.25, -0.2) is 4.79 Å². The van der Waals surface area contributed by atoms with E-state index in [-0.39, 0.29) is 6.61 Å². The molecule has 0 N–H and O–H groups in total. The van der Waals surface area contributed by atoms with Crippen molar-refractivity contribution in [2.45, 2.75) is 26.2 Å². The minimum atomic E-state index is -0.421. The summed E-state index contributed by atoms with van der Waals surface area (Å²) in [6, 6.07) is 15.1. The number of hydrogen-bond donors (Lipinski definition) is 0. The highest BCUT2D eigenvalue weighted by Gasteiger charge is 2.09. The summed E-state index contributed by atoms with van der Waals surface area (Å²) in [4.78, 5) is 11.9. The predicted molar refractivity (Wildman–Crippen MR) is 92.0 cm³/mol. The molecule has 0 atom stereocenters. The van der Waals surface area contributed by atoms with E-state index in [0.29, 0.717) is 23.8 Å². The zero-order valence-electron chi connectivity index (χ0n) is 13.6. The number of benzene rings is 2. The van der Waals surface area contributed by atoms with E-state index in [1.54, 1.807) is 18.2 Å². The number of hydrogen-bond acceptors (Lipinski definition) is 3. The first-order chi connectivity index (χ1) is 11.1. The maximum absolute atomic E-state index is 11.9. The molecule has 0 heterocycles. The van der Waals surface area contributed by atoms with Gasteiger partial charge in [0.1, 0.15) is 11.5 Å². The van der Waals surface area contributed by atoms with Gasteiger partial charge < -0.3 is 9.47 Å². The van der Waals surface area contributed by atoms with Crippen LogP contribution in [0.5, 0.6) is 11.5 Å². The molecule has 23 heavy (non-hydrogen) atoms. The van der Waals surface area contributed by atoms with Crippen LogP contribution in [-0.2, 0) is 11.2 Å². The minimum absolute atomic E-state index is 0.125. The number of rotatable bonds is 7. The summed E-state index contributed by atoms with van der Waals surface area (Å²) < 4.78 is 10.8. The molecule has 0 saturated heterocycles. The average Bonchev–Trinajstić information content (AvgIpc) is 2.55. The Morgan fingerprint density at radius 1 is 1.13 bits per heavy atom. The van der Waals surface area contributed by atoms with Gasteiger partial charge in [0.25, 0.3) is 0 Å². The molecule has 120 valence electrons. The highest BCUT2D eigenvalue weighted by Crippen LogP contribution is 2.20. The topological polar surface area (TPSA) is 35.5 Å². The second-order valence-electron chi connectivity index (χ2n) is 5.59. The van der Waals surface area contributed by atoms with Gasteiger partial charge in [0.15, 0.2) is 6.61 Å². The van der Waals surface area contributed by atoms with Crippen molar-refractivity contribution in [2.24, 2.45) is 0 Å². The molecular weight excluding hydrogens is 288 g/mol. The third kappa shape index (κ3) is 4.99. The fraction of sp³-hybridized carbons (Fsp3) is 0.250. The molecule has 0 spiro atoms. The summed E-state index contributed by atoms with van der Waals surface area (Å²) in [5.74, 6) is 1.24. The van der Waals surface area contributed by atoms with Gasteiger partial charge in [-0.15, -0.1) is 6.58 Å².